The first-order chi connectivity index (χ1) is 8.72. The van der Waals surface area contributed by atoms with Crippen molar-refractivity contribution in [3.63, 3.8) is 0 Å². The van der Waals surface area contributed by atoms with Crippen LogP contribution in [0, 0.1) is 5.41 Å². The summed E-state index contributed by atoms with van der Waals surface area (Å²) in [7, 11) is 1.59. The smallest absolute Gasteiger partial charge is 0.0922 e. The number of rotatable bonds is 8. The molecule has 2 nitrogen and oxygen atoms in total. The molecule has 0 aliphatic heterocycles. The Bertz CT molecular complexity index is 361. The van der Waals surface area contributed by atoms with Crippen molar-refractivity contribution in [2.24, 2.45) is 0 Å². The van der Waals surface area contributed by atoms with Crippen molar-refractivity contribution in [1.29, 1.82) is 5.41 Å². The summed E-state index contributed by atoms with van der Waals surface area (Å²) in [5.74, 6) is 0. The van der Waals surface area contributed by atoms with Gasteiger partial charge in [0.2, 0.25) is 0 Å². The van der Waals surface area contributed by atoms with Crippen LogP contribution in [-0.2, 0) is 4.74 Å². The monoisotopic (exact) mass is 251 g/mol. The first kappa shape index (κ1) is 14.8. The van der Waals surface area contributed by atoms with Crippen LogP contribution in [0.15, 0.2) is 24.3 Å². The predicted octanol–water partition coefficient (Wildman–Crippen LogP) is 4.29. The van der Waals surface area contributed by atoms with Crippen molar-refractivity contribution in [3.05, 3.63) is 35.4 Å². The fourth-order valence-electron chi connectivity index (χ4n) is 1.92. The van der Waals surface area contributed by atoms with Gasteiger partial charge in [0.25, 0.3) is 0 Å². The SMILES string of the molecule is CCCCC(=N)c1ccc([C@H](CCF)OC)cc1. The molecular weight excluding hydrogens is 229 g/mol. The Morgan fingerprint density at radius 2 is 2.00 bits per heavy atom. The van der Waals surface area contributed by atoms with Crippen LogP contribution in [0.4, 0.5) is 4.39 Å². The number of halogens is 1. The Hall–Kier alpha value is -1.22. The van der Waals surface area contributed by atoms with Crippen molar-refractivity contribution in [2.45, 2.75) is 38.7 Å². The Morgan fingerprint density at radius 1 is 1.33 bits per heavy atom. The fourth-order valence-corrected chi connectivity index (χ4v) is 1.92. The third-order valence-electron chi connectivity index (χ3n) is 3.07. The molecule has 1 aromatic carbocycles. The zero-order valence-electron chi connectivity index (χ0n) is 11.2. The number of methoxy groups -OCH3 is 1. The quantitative estimate of drug-likeness (QED) is 0.687. The summed E-state index contributed by atoms with van der Waals surface area (Å²) >= 11 is 0. The van der Waals surface area contributed by atoms with E-state index in [1.165, 1.54) is 0 Å². The van der Waals surface area contributed by atoms with Gasteiger partial charge in [0, 0.05) is 19.2 Å². The molecule has 0 saturated heterocycles. The van der Waals surface area contributed by atoms with Crippen LogP contribution in [0.1, 0.15) is 49.8 Å². The number of ether oxygens (including phenoxy) is 1. The highest BCUT2D eigenvalue weighted by Gasteiger charge is 2.10. The van der Waals surface area contributed by atoms with Gasteiger partial charge in [-0.25, -0.2) is 0 Å². The lowest BCUT2D eigenvalue weighted by atomic mass is 10.0. The van der Waals surface area contributed by atoms with Crippen molar-refractivity contribution in [2.75, 3.05) is 13.8 Å². The van der Waals surface area contributed by atoms with Crippen molar-refractivity contribution >= 4 is 5.71 Å². The average Bonchev–Trinajstić information content (AvgIpc) is 2.42. The molecular formula is C15H22FNO. The molecule has 0 saturated carbocycles. The Balaban J connectivity index is 2.69. The summed E-state index contributed by atoms with van der Waals surface area (Å²) in [6, 6.07) is 7.72. The van der Waals surface area contributed by atoms with Gasteiger partial charge < -0.3 is 10.1 Å². The lowest BCUT2D eigenvalue weighted by Gasteiger charge is -2.14. The lowest BCUT2D eigenvalue weighted by molar-refractivity contribution is 0.0890. The highest BCUT2D eigenvalue weighted by atomic mass is 19.1. The van der Waals surface area contributed by atoms with E-state index >= 15 is 0 Å². The maximum atomic E-state index is 12.3. The molecule has 1 rings (SSSR count). The average molecular weight is 251 g/mol. The molecule has 3 heteroatoms. The minimum absolute atomic E-state index is 0.186. The zero-order valence-corrected chi connectivity index (χ0v) is 11.2. The zero-order chi connectivity index (χ0) is 13.4. The molecule has 0 radical (unpaired) electrons. The summed E-state index contributed by atoms with van der Waals surface area (Å²) in [4.78, 5) is 0. The molecule has 0 spiro atoms. The minimum Gasteiger partial charge on any atom is -0.377 e. The molecule has 0 aliphatic rings. The van der Waals surface area contributed by atoms with Crippen molar-refractivity contribution < 1.29 is 9.13 Å². The maximum absolute atomic E-state index is 12.3. The van der Waals surface area contributed by atoms with Gasteiger partial charge in [0.1, 0.15) is 0 Å². The fraction of sp³-hybridized carbons (Fsp3) is 0.533. The molecule has 100 valence electrons. The van der Waals surface area contributed by atoms with E-state index in [4.69, 9.17) is 10.1 Å². The molecule has 0 amide bonds. The van der Waals surface area contributed by atoms with E-state index in [-0.39, 0.29) is 12.8 Å². The number of benzene rings is 1. The highest BCUT2D eigenvalue weighted by Crippen LogP contribution is 2.21. The summed E-state index contributed by atoms with van der Waals surface area (Å²) in [5.41, 5.74) is 2.59. The molecule has 1 aromatic rings. The first-order valence-corrected chi connectivity index (χ1v) is 6.49. The molecule has 0 fully saturated rings. The number of hydrogen-bond acceptors (Lipinski definition) is 2. The standard InChI is InChI=1S/C15H22FNO/c1-3-4-5-14(17)12-6-8-13(9-7-12)15(18-2)10-11-16/h6-9,15,17H,3-5,10-11H2,1-2H3/t15-/m0/s1. The second-order valence-electron chi connectivity index (χ2n) is 4.41. The number of alkyl halides is 1. The van der Waals surface area contributed by atoms with Gasteiger partial charge in [-0.05, 0) is 24.0 Å². The topological polar surface area (TPSA) is 33.1 Å². The van der Waals surface area contributed by atoms with E-state index in [1.807, 2.05) is 24.3 Å². The minimum atomic E-state index is -0.382. The predicted molar refractivity (Wildman–Crippen MR) is 73.1 cm³/mol. The summed E-state index contributed by atoms with van der Waals surface area (Å²) in [6.07, 6.45) is 3.15. The van der Waals surface area contributed by atoms with E-state index in [1.54, 1.807) is 7.11 Å². The summed E-state index contributed by atoms with van der Waals surface area (Å²) in [6.45, 7) is 1.74. The van der Waals surface area contributed by atoms with E-state index in [9.17, 15) is 4.39 Å². The Kier molecular flexibility index (Phi) is 6.58. The van der Waals surface area contributed by atoms with E-state index in [0.29, 0.717) is 12.1 Å². The second kappa shape index (κ2) is 7.98. The molecule has 0 aromatic heterocycles. The van der Waals surface area contributed by atoms with Crippen molar-refractivity contribution in [3.8, 4) is 0 Å². The third-order valence-corrected chi connectivity index (χ3v) is 3.07. The second-order valence-corrected chi connectivity index (χ2v) is 4.41. The van der Waals surface area contributed by atoms with Gasteiger partial charge in [0.15, 0.2) is 0 Å². The van der Waals surface area contributed by atoms with Crippen LogP contribution in [0.25, 0.3) is 0 Å². The van der Waals surface area contributed by atoms with Gasteiger partial charge >= 0.3 is 0 Å². The van der Waals surface area contributed by atoms with Gasteiger partial charge in [0.05, 0.1) is 12.8 Å². The number of nitrogens with one attached hydrogen (secondary N) is 1. The molecule has 1 N–H and O–H groups in total. The molecule has 0 bridgehead atoms. The van der Waals surface area contributed by atoms with Crippen LogP contribution in [-0.4, -0.2) is 19.5 Å². The maximum Gasteiger partial charge on any atom is 0.0922 e. The molecule has 0 aliphatic carbocycles. The largest absolute Gasteiger partial charge is 0.377 e. The number of unbranched alkanes of at least 4 members (excludes halogenated alkanes) is 1. The van der Waals surface area contributed by atoms with Gasteiger partial charge in [-0.15, -0.1) is 0 Å². The van der Waals surface area contributed by atoms with Gasteiger partial charge in [-0.3, -0.25) is 4.39 Å². The van der Waals surface area contributed by atoms with Crippen LogP contribution >= 0.6 is 0 Å². The first-order valence-electron chi connectivity index (χ1n) is 6.49. The third kappa shape index (κ3) is 4.22. The van der Waals surface area contributed by atoms with E-state index < -0.39 is 0 Å². The summed E-state index contributed by atoms with van der Waals surface area (Å²) < 4.78 is 17.6. The molecule has 0 unspecified atom stereocenters. The van der Waals surface area contributed by atoms with Crippen molar-refractivity contribution in [1.82, 2.24) is 0 Å². The van der Waals surface area contributed by atoms with Crippen LogP contribution < -0.4 is 0 Å². The van der Waals surface area contributed by atoms with E-state index in [2.05, 4.69) is 6.92 Å². The number of hydrogen-bond donors (Lipinski definition) is 1. The highest BCUT2D eigenvalue weighted by molar-refractivity contribution is 5.98. The molecule has 0 heterocycles. The van der Waals surface area contributed by atoms with Gasteiger partial charge in [-0.1, -0.05) is 37.6 Å². The van der Waals surface area contributed by atoms with Crippen LogP contribution in [0.3, 0.4) is 0 Å². The van der Waals surface area contributed by atoms with Gasteiger partial charge in [-0.2, -0.15) is 0 Å². The Labute approximate surface area is 109 Å². The molecule has 18 heavy (non-hydrogen) atoms. The Morgan fingerprint density at radius 3 is 2.50 bits per heavy atom. The molecule has 1 atom stereocenters. The van der Waals surface area contributed by atoms with Crippen LogP contribution in [0.5, 0.6) is 0 Å². The lowest BCUT2D eigenvalue weighted by Crippen LogP contribution is -2.04. The summed E-state index contributed by atoms with van der Waals surface area (Å²) in [5, 5.41) is 7.95. The van der Waals surface area contributed by atoms with Crippen LogP contribution in [0.2, 0.25) is 0 Å². The normalized spacial score (nSPS) is 12.4. The van der Waals surface area contributed by atoms with E-state index in [0.717, 1.165) is 30.4 Å².